The van der Waals surface area contributed by atoms with E-state index in [9.17, 15) is 24.9 Å². The predicted molar refractivity (Wildman–Crippen MR) is 81.0 cm³/mol. The zero-order chi connectivity index (χ0) is 16.7. The Kier molecular flexibility index (Phi) is 3.18. The maximum Gasteiger partial charge on any atom is 0.352 e. The fourth-order valence-electron chi connectivity index (χ4n) is 2.46. The maximum atomic E-state index is 11.5. The molecule has 0 aliphatic rings. The van der Waals surface area contributed by atoms with Crippen molar-refractivity contribution in [3.8, 4) is 22.6 Å². The lowest BCUT2D eigenvalue weighted by Crippen LogP contribution is -1.99. The lowest BCUT2D eigenvalue weighted by atomic mass is 10.00. The van der Waals surface area contributed by atoms with Crippen molar-refractivity contribution in [2.24, 2.45) is 0 Å². The summed E-state index contributed by atoms with van der Waals surface area (Å²) in [4.78, 5) is 25.0. The molecule has 7 heteroatoms. The van der Waals surface area contributed by atoms with Gasteiger partial charge in [-0.3, -0.25) is 0 Å². The summed E-state index contributed by atoms with van der Waals surface area (Å²) >= 11 is 0. The van der Waals surface area contributed by atoms with Gasteiger partial charge in [0.2, 0.25) is 0 Å². The fraction of sp³-hybridized carbons (Fsp3) is 0. The molecule has 5 N–H and O–H groups in total. The van der Waals surface area contributed by atoms with E-state index in [1.807, 2.05) is 0 Å². The number of phenolic OH excluding ortho intramolecular Hbond substituents is 2. The van der Waals surface area contributed by atoms with E-state index in [0.29, 0.717) is 22.0 Å². The zero-order valence-corrected chi connectivity index (χ0v) is 11.6. The third-order valence-corrected chi connectivity index (χ3v) is 3.53. The molecule has 2 aromatic carbocycles. The van der Waals surface area contributed by atoms with E-state index in [2.05, 4.69) is 4.98 Å². The largest absolute Gasteiger partial charge is 0.504 e. The molecule has 0 amide bonds. The van der Waals surface area contributed by atoms with Crippen molar-refractivity contribution in [3.05, 3.63) is 47.7 Å². The normalized spacial score (nSPS) is 10.8. The molecule has 0 atom stereocenters. The molecule has 3 aromatic rings. The van der Waals surface area contributed by atoms with E-state index in [-0.39, 0.29) is 22.8 Å². The Hall–Kier alpha value is -3.48. The Bertz CT molecular complexity index is 939. The van der Waals surface area contributed by atoms with Gasteiger partial charge in [0.1, 0.15) is 5.69 Å². The van der Waals surface area contributed by atoms with Gasteiger partial charge in [-0.05, 0) is 23.8 Å². The Labute approximate surface area is 129 Å². The summed E-state index contributed by atoms with van der Waals surface area (Å²) in [6.45, 7) is 0. The van der Waals surface area contributed by atoms with Gasteiger partial charge in [0, 0.05) is 17.0 Å². The second-order valence-electron chi connectivity index (χ2n) is 4.95. The number of aromatic hydroxyl groups is 2. The number of carbonyl (C=O) groups is 2. The Morgan fingerprint density at radius 3 is 2.04 bits per heavy atom. The van der Waals surface area contributed by atoms with Gasteiger partial charge in [0.15, 0.2) is 11.5 Å². The standard InChI is InChI=1S/C16H11NO6/c18-11-5-9-10(6-12(11)19)17-14(16(22)23)13(9)7-1-3-8(4-2-7)15(20)21/h1-6,17-19H,(H,20,21)(H,22,23). The molecular weight excluding hydrogens is 302 g/mol. The molecule has 7 nitrogen and oxygen atoms in total. The molecule has 0 unspecified atom stereocenters. The molecule has 23 heavy (non-hydrogen) atoms. The molecule has 0 fully saturated rings. The van der Waals surface area contributed by atoms with Crippen LogP contribution in [-0.4, -0.2) is 37.3 Å². The Balaban J connectivity index is 2.29. The molecule has 3 rings (SSSR count). The molecule has 0 saturated heterocycles. The van der Waals surface area contributed by atoms with E-state index in [0.717, 1.165) is 0 Å². The molecule has 116 valence electrons. The highest BCUT2D eigenvalue weighted by Gasteiger charge is 2.20. The molecule has 0 aliphatic heterocycles. The minimum Gasteiger partial charge on any atom is -0.504 e. The minimum absolute atomic E-state index is 0.0750. The zero-order valence-electron chi connectivity index (χ0n) is 11.6. The van der Waals surface area contributed by atoms with E-state index in [1.165, 1.54) is 36.4 Å². The number of H-pyrrole nitrogens is 1. The highest BCUT2D eigenvalue weighted by Crippen LogP contribution is 2.38. The van der Waals surface area contributed by atoms with Crippen LogP contribution < -0.4 is 0 Å². The van der Waals surface area contributed by atoms with Gasteiger partial charge in [-0.15, -0.1) is 0 Å². The SMILES string of the molecule is O=C(O)c1ccc(-c2c(C(=O)O)[nH]c3cc(O)c(O)cc23)cc1. The van der Waals surface area contributed by atoms with Gasteiger partial charge in [-0.1, -0.05) is 12.1 Å². The van der Waals surface area contributed by atoms with Gasteiger partial charge in [0.25, 0.3) is 0 Å². The summed E-state index contributed by atoms with van der Waals surface area (Å²) < 4.78 is 0. The quantitative estimate of drug-likeness (QED) is 0.472. The molecule has 0 spiro atoms. The number of aromatic amines is 1. The molecule has 1 aromatic heterocycles. The van der Waals surface area contributed by atoms with Crippen LogP contribution in [0.1, 0.15) is 20.8 Å². The average Bonchev–Trinajstić information content (AvgIpc) is 2.86. The number of nitrogens with one attached hydrogen (secondary N) is 1. The first-order chi connectivity index (χ1) is 10.9. The third kappa shape index (κ3) is 2.34. The lowest BCUT2D eigenvalue weighted by Gasteiger charge is -2.04. The Morgan fingerprint density at radius 1 is 0.870 bits per heavy atom. The van der Waals surface area contributed by atoms with Gasteiger partial charge < -0.3 is 25.4 Å². The number of rotatable bonds is 3. The van der Waals surface area contributed by atoms with E-state index < -0.39 is 11.9 Å². The number of carboxylic acid groups (broad SMARTS) is 2. The molecule has 0 bridgehead atoms. The van der Waals surface area contributed by atoms with Crippen molar-refractivity contribution < 1.29 is 30.0 Å². The summed E-state index contributed by atoms with van der Waals surface area (Å²) in [5, 5.41) is 37.9. The van der Waals surface area contributed by atoms with Crippen LogP contribution in [0.3, 0.4) is 0 Å². The number of benzene rings is 2. The first kappa shape index (κ1) is 14.5. The van der Waals surface area contributed by atoms with Gasteiger partial charge in [0.05, 0.1) is 11.1 Å². The van der Waals surface area contributed by atoms with Crippen LogP contribution in [0.5, 0.6) is 11.5 Å². The number of aromatic nitrogens is 1. The van der Waals surface area contributed by atoms with Crippen LogP contribution in [0.2, 0.25) is 0 Å². The molecule has 0 aliphatic carbocycles. The summed E-state index contributed by atoms with van der Waals surface area (Å²) in [6, 6.07) is 8.19. The summed E-state index contributed by atoms with van der Waals surface area (Å²) in [5.41, 5.74) is 1.08. The molecule has 0 saturated carbocycles. The number of fused-ring (bicyclic) bond motifs is 1. The summed E-state index contributed by atoms with van der Waals surface area (Å²) in [5.74, 6) is -3.05. The number of hydrogen-bond donors (Lipinski definition) is 5. The van der Waals surface area contributed by atoms with E-state index >= 15 is 0 Å². The third-order valence-electron chi connectivity index (χ3n) is 3.53. The monoisotopic (exact) mass is 313 g/mol. The van der Waals surface area contributed by atoms with Crippen LogP contribution in [0.4, 0.5) is 0 Å². The highest BCUT2D eigenvalue weighted by atomic mass is 16.4. The summed E-state index contributed by atoms with van der Waals surface area (Å²) in [6.07, 6.45) is 0. The van der Waals surface area contributed by atoms with Crippen LogP contribution in [0.15, 0.2) is 36.4 Å². The van der Waals surface area contributed by atoms with Gasteiger partial charge in [-0.2, -0.15) is 0 Å². The minimum atomic E-state index is -1.21. The maximum absolute atomic E-state index is 11.5. The van der Waals surface area contributed by atoms with Crippen molar-refractivity contribution in [3.63, 3.8) is 0 Å². The average molecular weight is 313 g/mol. The number of hydrogen-bond acceptors (Lipinski definition) is 4. The highest BCUT2D eigenvalue weighted by molar-refractivity contribution is 6.08. The first-order valence-electron chi connectivity index (χ1n) is 6.53. The topological polar surface area (TPSA) is 131 Å². The van der Waals surface area contributed by atoms with Crippen molar-refractivity contribution in [2.45, 2.75) is 0 Å². The summed E-state index contributed by atoms with van der Waals surface area (Å²) in [7, 11) is 0. The van der Waals surface area contributed by atoms with Gasteiger partial charge in [-0.25, -0.2) is 9.59 Å². The van der Waals surface area contributed by atoms with E-state index in [1.54, 1.807) is 0 Å². The van der Waals surface area contributed by atoms with Crippen molar-refractivity contribution in [1.29, 1.82) is 0 Å². The predicted octanol–water partition coefficient (Wildman–Crippen LogP) is 2.64. The smallest absolute Gasteiger partial charge is 0.352 e. The molecule has 1 heterocycles. The van der Waals surface area contributed by atoms with Crippen LogP contribution in [-0.2, 0) is 0 Å². The fourth-order valence-corrected chi connectivity index (χ4v) is 2.46. The van der Waals surface area contributed by atoms with Crippen molar-refractivity contribution in [2.75, 3.05) is 0 Å². The van der Waals surface area contributed by atoms with Crippen LogP contribution >= 0.6 is 0 Å². The number of aromatic carboxylic acids is 2. The van der Waals surface area contributed by atoms with Crippen molar-refractivity contribution >= 4 is 22.8 Å². The van der Waals surface area contributed by atoms with Crippen LogP contribution in [0.25, 0.3) is 22.0 Å². The lowest BCUT2D eigenvalue weighted by molar-refractivity contribution is 0.0683. The second kappa shape index (κ2) is 5.06. The molecule has 0 radical (unpaired) electrons. The Morgan fingerprint density at radius 2 is 1.48 bits per heavy atom. The number of carboxylic acids is 2. The van der Waals surface area contributed by atoms with Gasteiger partial charge >= 0.3 is 11.9 Å². The van der Waals surface area contributed by atoms with Crippen LogP contribution in [0, 0.1) is 0 Å². The van der Waals surface area contributed by atoms with E-state index in [4.69, 9.17) is 5.11 Å². The molecular formula is C16H11NO6. The first-order valence-corrected chi connectivity index (χ1v) is 6.53. The number of phenols is 2. The van der Waals surface area contributed by atoms with Crippen molar-refractivity contribution in [1.82, 2.24) is 4.98 Å². The second-order valence-corrected chi connectivity index (χ2v) is 4.95.